The van der Waals surface area contributed by atoms with Crippen LogP contribution in [0.1, 0.15) is 57.9 Å². The van der Waals surface area contributed by atoms with Gasteiger partial charge in [-0.25, -0.2) is 0 Å². The maximum atomic E-state index is 5.67. The first-order chi connectivity index (χ1) is 12.1. The molecule has 136 valence electrons. The highest BCUT2D eigenvalue weighted by Crippen LogP contribution is 2.47. The number of hydrogen-bond acceptors (Lipinski definition) is 2. The molecular formula is C23H32O2. The van der Waals surface area contributed by atoms with Gasteiger partial charge in [0.1, 0.15) is 5.75 Å². The van der Waals surface area contributed by atoms with Crippen LogP contribution in [-0.4, -0.2) is 14.2 Å². The average Bonchev–Trinajstić information content (AvgIpc) is 2.68. The predicted octanol–water partition coefficient (Wildman–Crippen LogP) is 6.03. The lowest BCUT2D eigenvalue weighted by molar-refractivity contribution is 0.278. The van der Waals surface area contributed by atoms with Crippen LogP contribution in [0.25, 0.3) is 0 Å². The molecule has 0 N–H and O–H groups in total. The molecule has 0 amide bonds. The molecule has 1 aliphatic rings. The van der Waals surface area contributed by atoms with Crippen LogP contribution in [-0.2, 0) is 10.2 Å². The van der Waals surface area contributed by atoms with Crippen LogP contribution < -0.4 is 4.74 Å². The molecule has 0 atom stereocenters. The summed E-state index contributed by atoms with van der Waals surface area (Å²) in [5.74, 6) is 1.98. The van der Waals surface area contributed by atoms with Gasteiger partial charge >= 0.3 is 0 Å². The minimum absolute atomic E-state index is 0.209. The van der Waals surface area contributed by atoms with E-state index in [1.165, 1.54) is 43.2 Å². The van der Waals surface area contributed by atoms with Crippen molar-refractivity contribution in [1.82, 2.24) is 0 Å². The summed E-state index contributed by atoms with van der Waals surface area (Å²) in [6, 6.07) is 8.56. The summed E-state index contributed by atoms with van der Waals surface area (Å²) in [4.78, 5) is 0. The number of methoxy groups -OCH3 is 2. The number of hydrogen-bond donors (Lipinski definition) is 0. The van der Waals surface area contributed by atoms with Gasteiger partial charge in [0, 0.05) is 11.0 Å². The monoisotopic (exact) mass is 340 g/mol. The van der Waals surface area contributed by atoms with E-state index in [1.54, 1.807) is 14.2 Å². The molecule has 0 aromatic heterocycles. The quantitative estimate of drug-likeness (QED) is 0.357. The van der Waals surface area contributed by atoms with E-state index in [1.807, 2.05) is 6.92 Å². The lowest BCUT2D eigenvalue weighted by Crippen LogP contribution is -2.30. The lowest BCUT2D eigenvalue weighted by Gasteiger charge is -2.39. The zero-order valence-electron chi connectivity index (χ0n) is 16.2. The second-order valence-corrected chi connectivity index (χ2v) is 6.71. The maximum Gasteiger partial charge on any atom is 0.122 e. The van der Waals surface area contributed by atoms with E-state index in [4.69, 9.17) is 9.47 Å². The molecule has 1 saturated carbocycles. The van der Waals surface area contributed by atoms with Crippen molar-refractivity contribution in [3.8, 4) is 18.6 Å². The molecule has 0 aliphatic heterocycles. The van der Waals surface area contributed by atoms with Crippen LogP contribution in [0.5, 0.6) is 5.75 Å². The third-order valence-electron chi connectivity index (χ3n) is 5.03. The predicted molar refractivity (Wildman–Crippen MR) is 107 cm³/mol. The molecule has 0 unspecified atom stereocenters. The summed E-state index contributed by atoms with van der Waals surface area (Å²) < 4.78 is 10.9. The van der Waals surface area contributed by atoms with E-state index in [2.05, 4.69) is 56.2 Å². The SMILES string of the molecule is C#C.CO/C(C)=C/C=C(\C)CC1(c2ccccc2OC)CCCCC1. The largest absolute Gasteiger partial charge is 0.501 e. The fourth-order valence-electron chi connectivity index (χ4n) is 3.77. The Morgan fingerprint density at radius 1 is 1.04 bits per heavy atom. The highest BCUT2D eigenvalue weighted by molar-refractivity contribution is 5.41. The highest BCUT2D eigenvalue weighted by Gasteiger charge is 2.36. The maximum absolute atomic E-state index is 5.67. The van der Waals surface area contributed by atoms with Gasteiger partial charge in [-0.1, -0.05) is 49.1 Å². The molecule has 1 fully saturated rings. The molecule has 0 radical (unpaired) electrons. The Balaban J connectivity index is 0.00000151. The zero-order valence-corrected chi connectivity index (χ0v) is 16.2. The molecule has 25 heavy (non-hydrogen) atoms. The molecule has 2 heteroatoms. The van der Waals surface area contributed by atoms with Crippen molar-refractivity contribution in [1.29, 1.82) is 0 Å². The normalized spacial score (nSPS) is 17.2. The first-order valence-corrected chi connectivity index (χ1v) is 8.96. The second kappa shape index (κ2) is 10.7. The van der Waals surface area contributed by atoms with Crippen molar-refractivity contribution < 1.29 is 9.47 Å². The third kappa shape index (κ3) is 5.71. The molecule has 2 nitrogen and oxygen atoms in total. The topological polar surface area (TPSA) is 18.5 Å². The van der Waals surface area contributed by atoms with Crippen LogP contribution in [0, 0.1) is 12.8 Å². The summed E-state index contributed by atoms with van der Waals surface area (Å²) in [5, 5.41) is 0. The van der Waals surface area contributed by atoms with Gasteiger partial charge < -0.3 is 9.47 Å². The highest BCUT2D eigenvalue weighted by atomic mass is 16.5. The van der Waals surface area contributed by atoms with Crippen LogP contribution in [0.2, 0.25) is 0 Å². The van der Waals surface area contributed by atoms with E-state index >= 15 is 0 Å². The Morgan fingerprint density at radius 2 is 1.68 bits per heavy atom. The Bertz CT molecular complexity index is 602. The summed E-state index contributed by atoms with van der Waals surface area (Å²) >= 11 is 0. The number of para-hydroxylation sites is 1. The van der Waals surface area contributed by atoms with Gasteiger partial charge in [0.25, 0.3) is 0 Å². The molecule has 0 saturated heterocycles. The fraction of sp³-hybridized carbons (Fsp3) is 0.478. The third-order valence-corrected chi connectivity index (χ3v) is 5.03. The van der Waals surface area contributed by atoms with Crippen LogP contribution in [0.4, 0.5) is 0 Å². The number of rotatable bonds is 6. The van der Waals surface area contributed by atoms with Gasteiger partial charge in [0.2, 0.25) is 0 Å². The van der Waals surface area contributed by atoms with Crippen LogP contribution in [0.3, 0.4) is 0 Å². The van der Waals surface area contributed by atoms with Crippen molar-refractivity contribution in [2.45, 2.75) is 57.8 Å². The number of benzene rings is 1. The molecule has 0 heterocycles. The standard InChI is InChI=1S/C21H30O2.C2H2/c1-17(12-13-18(2)22-3)16-21(14-8-5-9-15-21)19-10-6-7-11-20(19)23-4;1-2/h6-7,10-13H,5,8-9,14-16H2,1-4H3;1-2H/b17-12+,18-13+;. The van der Waals surface area contributed by atoms with Crippen LogP contribution in [0.15, 0.2) is 47.7 Å². The number of terminal acetylenes is 1. The minimum Gasteiger partial charge on any atom is -0.501 e. The van der Waals surface area contributed by atoms with Crippen molar-refractivity contribution in [2.24, 2.45) is 0 Å². The van der Waals surface area contributed by atoms with Crippen molar-refractivity contribution in [2.75, 3.05) is 14.2 Å². The summed E-state index contributed by atoms with van der Waals surface area (Å²) in [5.41, 5.74) is 2.98. The van der Waals surface area contributed by atoms with Crippen molar-refractivity contribution in [3.05, 3.63) is 53.3 Å². The van der Waals surface area contributed by atoms with Crippen molar-refractivity contribution in [3.63, 3.8) is 0 Å². The molecule has 0 bridgehead atoms. The average molecular weight is 341 g/mol. The Labute approximate surface area is 153 Å². The van der Waals surface area contributed by atoms with Crippen molar-refractivity contribution >= 4 is 0 Å². The van der Waals surface area contributed by atoms with E-state index in [-0.39, 0.29) is 5.41 Å². The molecule has 0 spiro atoms. The van der Waals surface area contributed by atoms with Gasteiger partial charge in [-0.2, -0.15) is 0 Å². The van der Waals surface area contributed by atoms with E-state index in [0.29, 0.717) is 0 Å². The second-order valence-electron chi connectivity index (χ2n) is 6.71. The molecule has 1 aromatic carbocycles. The minimum atomic E-state index is 0.209. The summed E-state index contributed by atoms with van der Waals surface area (Å²) in [6.45, 7) is 4.21. The molecule has 2 rings (SSSR count). The van der Waals surface area contributed by atoms with Crippen LogP contribution >= 0.6 is 0 Å². The summed E-state index contributed by atoms with van der Waals surface area (Å²) in [7, 11) is 3.50. The smallest absolute Gasteiger partial charge is 0.122 e. The van der Waals surface area contributed by atoms with Gasteiger partial charge in [-0.05, 0) is 45.3 Å². The first-order valence-electron chi connectivity index (χ1n) is 8.96. The lowest BCUT2D eigenvalue weighted by atomic mass is 9.66. The Morgan fingerprint density at radius 3 is 2.28 bits per heavy atom. The van der Waals surface area contributed by atoms with Gasteiger partial charge in [0.15, 0.2) is 0 Å². The summed E-state index contributed by atoms with van der Waals surface area (Å²) in [6.07, 6.45) is 19.8. The molecule has 1 aromatic rings. The Kier molecular flexibility index (Phi) is 8.92. The number of ether oxygens (including phenoxy) is 2. The zero-order chi connectivity index (χ0) is 18.7. The van der Waals surface area contributed by atoms with E-state index < -0.39 is 0 Å². The molecule has 1 aliphatic carbocycles. The van der Waals surface area contributed by atoms with Gasteiger partial charge in [0.05, 0.1) is 20.0 Å². The molecular weight excluding hydrogens is 308 g/mol. The first kappa shape index (κ1) is 20.9. The Hall–Kier alpha value is -2.14. The van der Waals surface area contributed by atoms with Gasteiger partial charge in [-0.3, -0.25) is 0 Å². The number of allylic oxidation sites excluding steroid dienone is 4. The fourth-order valence-corrected chi connectivity index (χ4v) is 3.77. The van der Waals surface area contributed by atoms with E-state index in [9.17, 15) is 0 Å². The van der Waals surface area contributed by atoms with E-state index in [0.717, 1.165) is 17.9 Å². The van der Waals surface area contributed by atoms with Gasteiger partial charge in [-0.15, -0.1) is 12.8 Å².